The van der Waals surface area contributed by atoms with Crippen LogP contribution < -0.4 is 0 Å². The maximum Gasteiger partial charge on any atom is 0.157 e. The van der Waals surface area contributed by atoms with Gasteiger partial charge in [0.25, 0.3) is 0 Å². The molecule has 0 saturated heterocycles. The molecule has 5 heteroatoms. The smallest absolute Gasteiger partial charge is 0.157 e. The largest absolute Gasteiger partial charge is 0.685 e. The van der Waals surface area contributed by atoms with Crippen molar-refractivity contribution in [3.8, 4) is 11.3 Å². The summed E-state index contributed by atoms with van der Waals surface area (Å²) in [6.07, 6.45) is 10.2. The van der Waals surface area contributed by atoms with E-state index >= 15 is 0 Å². The molecule has 0 amide bonds. The van der Waals surface area contributed by atoms with Crippen molar-refractivity contribution in [2.45, 2.75) is 132 Å². The number of allylic oxidation sites excluding steroid dienone is 2. The zero-order chi connectivity index (χ0) is 33.8. The van der Waals surface area contributed by atoms with Crippen LogP contribution >= 0.6 is 11.3 Å². The maximum atomic E-state index is 12.2. The fourth-order valence-corrected chi connectivity index (χ4v) is 8.39. The number of rotatable bonds is 10. The topological polar surface area (TPSA) is 44.1 Å². The molecule has 0 aliphatic heterocycles. The molecule has 3 nitrogen and oxygen atoms in total. The van der Waals surface area contributed by atoms with Crippen LogP contribution in [-0.2, 0) is 35.7 Å². The number of ketones is 1. The molecule has 0 saturated carbocycles. The number of aryl methyl sites for hydroxylation is 1. The quantitative estimate of drug-likeness (QED) is 0.118. The van der Waals surface area contributed by atoms with E-state index in [0.717, 1.165) is 42.6 Å². The van der Waals surface area contributed by atoms with Crippen LogP contribution in [0.15, 0.2) is 54.4 Å². The van der Waals surface area contributed by atoms with Crippen molar-refractivity contribution in [2.24, 2.45) is 11.8 Å². The van der Waals surface area contributed by atoms with E-state index < -0.39 is 0 Å². The van der Waals surface area contributed by atoms with E-state index in [0.29, 0.717) is 5.92 Å². The number of carbonyl (C=O) groups is 1. The molecular weight excluding hydrogens is 773 g/mol. The summed E-state index contributed by atoms with van der Waals surface area (Å²) in [6, 6.07) is 16.5. The van der Waals surface area contributed by atoms with Gasteiger partial charge in [-0.05, 0) is 83.6 Å². The van der Waals surface area contributed by atoms with E-state index in [1.165, 1.54) is 44.1 Å². The van der Waals surface area contributed by atoms with Gasteiger partial charge in [0.15, 0.2) is 5.78 Å². The van der Waals surface area contributed by atoms with E-state index in [-0.39, 0.29) is 48.7 Å². The van der Waals surface area contributed by atoms with Crippen LogP contribution in [0.5, 0.6) is 0 Å². The van der Waals surface area contributed by atoms with E-state index in [2.05, 4.69) is 112 Å². The van der Waals surface area contributed by atoms with Crippen LogP contribution in [0.3, 0.4) is 0 Å². The Morgan fingerprint density at radius 3 is 2.17 bits per heavy atom. The molecule has 4 aromatic rings. The molecule has 0 atom stereocenters. The van der Waals surface area contributed by atoms with Gasteiger partial charge in [0.1, 0.15) is 0 Å². The fourth-order valence-electron chi connectivity index (χ4n) is 7.11. The summed E-state index contributed by atoms with van der Waals surface area (Å²) >= 11 is 1.90. The second-order valence-corrected chi connectivity index (χ2v) is 15.7. The molecule has 2 aromatic heterocycles. The van der Waals surface area contributed by atoms with Crippen LogP contribution in [-0.4, -0.2) is 16.8 Å². The maximum absolute atomic E-state index is 12.2. The molecule has 1 aliphatic rings. The second kappa shape index (κ2) is 16.4. The van der Waals surface area contributed by atoms with Crippen molar-refractivity contribution in [1.82, 2.24) is 4.98 Å². The number of thiophene rings is 1. The van der Waals surface area contributed by atoms with E-state index in [1.54, 1.807) is 5.56 Å². The number of hydrogen-bond donors (Lipinski definition) is 0. The van der Waals surface area contributed by atoms with Gasteiger partial charge in [0.2, 0.25) is 0 Å². The summed E-state index contributed by atoms with van der Waals surface area (Å²) in [5, 5.41) is 7.47. The van der Waals surface area contributed by atoms with Gasteiger partial charge < -0.3 is 10.3 Å². The molecule has 2 heterocycles. The number of carbonyl (C=O) groups excluding carboxylic acids is 1. The van der Waals surface area contributed by atoms with E-state index in [4.69, 9.17) is 4.98 Å². The van der Waals surface area contributed by atoms with Gasteiger partial charge in [-0.15, -0.1) is 53.3 Å². The van der Waals surface area contributed by atoms with Crippen molar-refractivity contribution in [2.75, 3.05) is 0 Å². The van der Waals surface area contributed by atoms with Gasteiger partial charge >= 0.3 is 0 Å². The van der Waals surface area contributed by atoms with Crippen molar-refractivity contribution in [3.63, 3.8) is 0 Å². The molecule has 1 radical (unpaired) electrons. The molecule has 2 aromatic carbocycles. The van der Waals surface area contributed by atoms with Gasteiger partial charge in [-0.1, -0.05) is 88.1 Å². The Labute approximate surface area is 302 Å². The van der Waals surface area contributed by atoms with Gasteiger partial charge in [-0.2, -0.15) is 5.70 Å². The second-order valence-electron chi connectivity index (χ2n) is 14.7. The predicted molar refractivity (Wildman–Crippen MR) is 201 cm³/mol. The predicted octanol–water partition coefficient (Wildman–Crippen LogP) is 12.7. The summed E-state index contributed by atoms with van der Waals surface area (Å²) in [6.45, 7) is 24.6. The molecule has 0 fully saturated rings. The van der Waals surface area contributed by atoms with Gasteiger partial charge in [-0.3, -0.25) is 4.79 Å². The molecule has 0 unspecified atom stereocenters. The average molecular weight is 829 g/mol. The molecule has 0 bridgehead atoms. The minimum atomic E-state index is 0. The minimum Gasteiger partial charge on any atom is -0.685 e. The van der Waals surface area contributed by atoms with E-state index in [9.17, 15) is 4.79 Å². The van der Waals surface area contributed by atoms with Crippen molar-refractivity contribution in [3.05, 3.63) is 82.4 Å². The SMILES string of the molecule is CCC(CC)C(=O)/C=C(\[N-]C(C)C)C(CC)CC.Cc1cc2c(c3c1sc1c(-c4[c-]cccc4)nccc13)C(C)(C)CCC2(C)C.[Ir]. The van der Waals surface area contributed by atoms with Gasteiger partial charge in [0.05, 0.1) is 0 Å². The number of benzene rings is 2. The van der Waals surface area contributed by atoms with Crippen LogP contribution in [0.4, 0.5) is 0 Å². The Hall–Kier alpha value is -2.33. The third-order valence-electron chi connectivity index (χ3n) is 10.1. The summed E-state index contributed by atoms with van der Waals surface area (Å²) in [5.41, 5.74) is 8.04. The van der Waals surface area contributed by atoms with Crippen LogP contribution in [0.2, 0.25) is 0 Å². The zero-order valence-electron chi connectivity index (χ0n) is 30.6. The van der Waals surface area contributed by atoms with Crippen LogP contribution in [0.1, 0.15) is 124 Å². The van der Waals surface area contributed by atoms with E-state index in [1.807, 2.05) is 35.7 Å². The Morgan fingerprint density at radius 2 is 1.60 bits per heavy atom. The third-order valence-corrected chi connectivity index (χ3v) is 11.4. The van der Waals surface area contributed by atoms with Crippen LogP contribution in [0, 0.1) is 24.8 Å². The Balaban J connectivity index is 0.000000278. The number of aromatic nitrogens is 1. The molecule has 0 spiro atoms. The summed E-state index contributed by atoms with van der Waals surface area (Å²) in [5.74, 6) is 0.841. The number of pyridine rings is 1. The average Bonchev–Trinajstić information content (AvgIpc) is 3.41. The Kier molecular flexibility index (Phi) is 13.6. The fraction of sp³-hybridized carbons (Fsp3) is 0.524. The summed E-state index contributed by atoms with van der Waals surface area (Å²) in [7, 11) is 0. The molecule has 257 valence electrons. The number of fused-ring (bicyclic) bond motifs is 5. The summed E-state index contributed by atoms with van der Waals surface area (Å²) < 4.78 is 2.71. The molecule has 1 aliphatic carbocycles. The minimum absolute atomic E-state index is 0. The molecular formula is C42H56IrN2OS-2. The standard InChI is InChI=1S/C26H26NS.C16H31NO.Ir/c1-16-15-19-21(26(4,5)13-12-25(19,2)3)20-18-11-14-27-22(24(18)28-23(16)20)17-9-7-6-8-10-17;1-7-13(8-2)15(17-12(5)6)11-16(18)14(9-3)10-4;/h6-9,11,14-15H,12-13H2,1-5H3;11-14H,7-10H2,1-6H3,(H,17,18);/q-1;;/p-1. The molecule has 5 rings (SSSR count). The van der Waals surface area contributed by atoms with Gasteiger partial charge in [-0.25, -0.2) is 0 Å². The van der Waals surface area contributed by atoms with Gasteiger partial charge in [0, 0.05) is 52.7 Å². The third kappa shape index (κ3) is 8.46. The zero-order valence-corrected chi connectivity index (χ0v) is 33.8. The first-order valence-corrected chi connectivity index (χ1v) is 18.4. The van der Waals surface area contributed by atoms with Crippen molar-refractivity contribution < 1.29 is 24.9 Å². The first-order valence-electron chi connectivity index (χ1n) is 17.6. The molecule has 0 N–H and O–H groups in total. The van der Waals surface area contributed by atoms with Crippen molar-refractivity contribution >= 4 is 37.3 Å². The van der Waals surface area contributed by atoms with Crippen molar-refractivity contribution in [1.29, 1.82) is 0 Å². The normalized spacial score (nSPS) is 15.4. The Morgan fingerprint density at radius 1 is 0.957 bits per heavy atom. The number of hydrogen-bond acceptors (Lipinski definition) is 3. The monoisotopic (exact) mass is 829 g/mol. The van der Waals surface area contributed by atoms with Crippen LogP contribution in [0.25, 0.3) is 36.7 Å². The first-order chi connectivity index (χ1) is 21.8. The number of nitrogens with zero attached hydrogens (tertiary/aromatic N) is 2. The Bertz CT molecular complexity index is 1670. The molecule has 47 heavy (non-hydrogen) atoms. The first kappa shape index (κ1) is 39.1. The summed E-state index contributed by atoms with van der Waals surface area (Å²) in [4.78, 5) is 17.0.